The van der Waals surface area contributed by atoms with Crippen molar-refractivity contribution >= 4 is 12.7 Å². The molecule has 0 aromatic carbocycles. The lowest BCUT2D eigenvalue weighted by atomic mass is 9.87. The molecule has 0 aliphatic rings. The molecule has 62 valence electrons. The van der Waals surface area contributed by atoms with E-state index in [4.69, 9.17) is 0 Å². The van der Waals surface area contributed by atoms with Crippen LogP contribution in [0.4, 0.5) is 0 Å². The van der Waals surface area contributed by atoms with Gasteiger partial charge in [0.15, 0.2) is 11.5 Å². The number of carbonyl (C=O) groups excluding carboxylic acids is 2. The monoisotopic (exact) mass is 156 g/mol. The molecular formula is C8H14NO2+. The number of amides is 1. The van der Waals surface area contributed by atoms with Gasteiger partial charge >= 0.3 is 0 Å². The zero-order chi connectivity index (χ0) is 8.91. The van der Waals surface area contributed by atoms with Crippen LogP contribution in [0.15, 0.2) is 0 Å². The van der Waals surface area contributed by atoms with Crippen LogP contribution in [-0.4, -0.2) is 18.2 Å². The molecule has 0 fully saturated rings. The van der Waals surface area contributed by atoms with Gasteiger partial charge in [-0.05, 0) is 6.92 Å². The van der Waals surface area contributed by atoms with Crippen molar-refractivity contribution in [2.75, 3.05) is 0 Å². The van der Waals surface area contributed by atoms with Crippen LogP contribution in [-0.2, 0) is 9.59 Å². The van der Waals surface area contributed by atoms with E-state index in [9.17, 15) is 9.59 Å². The third-order valence-electron chi connectivity index (χ3n) is 1.75. The Kier molecular flexibility index (Phi) is 3.65. The van der Waals surface area contributed by atoms with E-state index in [0.717, 1.165) is 6.29 Å². The standard InChI is InChI=1S/C8H13NO2/c1-4-7(5-10)8(2,3)9-6-11/h5-6H,4H2,1-3H3/p+1. The zero-order valence-electron chi connectivity index (χ0n) is 7.18. The van der Waals surface area contributed by atoms with E-state index in [1.165, 1.54) is 0 Å². The molecular weight excluding hydrogens is 142 g/mol. The van der Waals surface area contributed by atoms with Gasteiger partial charge in [-0.25, -0.2) is 4.79 Å². The summed E-state index contributed by atoms with van der Waals surface area (Å²) in [7, 11) is 0. The van der Waals surface area contributed by atoms with E-state index < -0.39 is 5.54 Å². The summed E-state index contributed by atoms with van der Waals surface area (Å²) >= 11 is 0. The molecule has 0 heterocycles. The van der Waals surface area contributed by atoms with Crippen molar-refractivity contribution in [3.8, 4) is 0 Å². The van der Waals surface area contributed by atoms with Gasteiger partial charge in [0.05, 0.1) is 6.42 Å². The second-order valence-electron chi connectivity index (χ2n) is 2.88. The molecule has 1 N–H and O–H groups in total. The molecule has 0 aromatic heterocycles. The van der Waals surface area contributed by atoms with Crippen molar-refractivity contribution in [3.05, 3.63) is 5.92 Å². The highest BCUT2D eigenvalue weighted by molar-refractivity contribution is 5.72. The molecule has 0 spiro atoms. The van der Waals surface area contributed by atoms with Crippen LogP contribution in [0.2, 0.25) is 0 Å². The third-order valence-corrected chi connectivity index (χ3v) is 1.75. The fourth-order valence-electron chi connectivity index (χ4n) is 0.913. The molecule has 3 heteroatoms. The Balaban J connectivity index is 4.22. The summed E-state index contributed by atoms with van der Waals surface area (Å²) in [5.74, 6) is 0.699. The number of carbonyl (C=O) groups is 2. The highest BCUT2D eigenvalue weighted by atomic mass is 16.1. The van der Waals surface area contributed by atoms with Crippen molar-refractivity contribution in [2.24, 2.45) is 0 Å². The van der Waals surface area contributed by atoms with Gasteiger partial charge in [0.1, 0.15) is 0 Å². The van der Waals surface area contributed by atoms with Crippen LogP contribution in [0.1, 0.15) is 27.2 Å². The minimum atomic E-state index is -0.502. The second kappa shape index (κ2) is 4.01. The van der Waals surface area contributed by atoms with E-state index in [2.05, 4.69) is 5.32 Å². The first-order chi connectivity index (χ1) is 5.08. The maximum atomic E-state index is 10.5. The molecule has 0 unspecified atom stereocenters. The van der Waals surface area contributed by atoms with Crippen molar-refractivity contribution in [2.45, 2.75) is 32.7 Å². The summed E-state index contributed by atoms with van der Waals surface area (Å²) in [4.78, 5) is 20.6. The van der Waals surface area contributed by atoms with E-state index in [0.29, 0.717) is 18.7 Å². The predicted molar refractivity (Wildman–Crippen MR) is 42.9 cm³/mol. The van der Waals surface area contributed by atoms with Crippen molar-refractivity contribution < 1.29 is 9.59 Å². The van der Waals surface area contributed by atoms with Gasteiger partial charge in [0.2, 0.25) is 6.41 Å². The molecule has 0 rings (SSSR count). The lowest BCUT2D eigenvalue weighted by Gasteiger charge is -2.18. The molecule has 0 aliphatic heterocycles. The first-order valence-electron chi connectivity index (χ1n) is 3.61. The number of hydrogen-bond donors (Lipinski definition) is 1. The Bertz CT molecular complexity index is 143. The minimum Gasteiger partial charge on any atom is -0.315 e. The lowest BCUT2D eigenvalue weighted by molar-refractivity contribution is -0.111. The topological polar surface area (TPSA) is 46.2 Å². The summed E-state index contributed by atoms with van der Waals surface area (Å²) in [6.45, 7) is 5.49. The lowest BCUT2D eigenvalue weighted by Crippen LogP contribution is -2.44. The highest BCUT2D eigenvalue weighted by Crippen LogP contribution is 2.18. The van der Waals surface area contributed by atoms with Crippen LogP contribution in [0.3, 0.4) is 0 Å². The first kappa shape index (κ1) is 10.0. The van der Waals surface area contributed by atoms with Gasteiger partial charge in [-0.3, -0.25) is 4.79 Å². The molecule has 0 aliphatic carbocycles. The van der Waals surface area contributed by atoms with Crippen LogP contribution >= 0.6 is 0 Å². The Morgan fingerprint density at radius 1 is 1.45 bits per heavy atom. The maximum Gasteiger partial charge on any atom is 0.299 e. The predicted octanol–water partition coefficient (Wildman–Crippen LogP) is 0.694. The van der Waals surface area contributed by atoms with Crippen molar-refractivity contribution in [1.82, 2.24) is 5.32 Å². The van der Waals surface area contributed by atoms with Crippen molar-refractivity contribution in [1.29, 1.82) is 0 Å². The van der Waals surface area contributed by atoms with Crippen LogP contribution in [0.5, 0.6) is 0 Å². The van der Waals surface area contributed by atoms with E-state index in [-0.39, 0.29) is 0 Å². The minimum absolute atomic E-state index is 0.502. The summed E-state index contributed by atoms with van der Waals surface area (Å²) in [5, 5.41) is 2.57. The van der Waals surface area contributed by atoms with Gasteiger partial charge in [-0.2, -0.15) is 0 Å². The normalized spacial score (nSPS) is 10.5. The Morgan fingerprint density at radius 2 is 2.00 bits per heavy atom. The van der Waals surface area contributed by atoms with Crippen LogP contribution in [0, 0.1) is 5.92 Å². The average molecular weight is 156 g/mol. The van der Waals surface area contributed by atoms with E-state index in [1.54, 1.807) is 13.8 Å². The SMILES string of the molecule is CC[C+](C=O)C(C)(C)NC=O. The fourth-order valence-corrected chi connectivity index (χ4v) is 0.913. The Hall–Kier alpha value is -0.990. The molecule has 11 heavy (non-hydrogen) atoms. The number of aldehydes is 1. The summed E-state index contributed by atoms with van der Waals surface area (Å²) in [5.41, 5.74) is -0.502. The number of rotatable bonds is 5. The van der Waals surface area contributed by atoms with Gasteiger partial charge in [-0.1, -0.05) is 0 Å². The fraction of sp³-hybridized carbons (Fsp3) is 0.625. The largest absolute Gasteiger partial charge is 0.315 e. The van der Waals surface area contributed by atoms with Crippen LogP contribution < -0.4 is 5.32 Å². The first-order valence-corrected chi connectivity index (χ1v) is 3.61. The Labute approximate surface area is 67.2 Å². The molecule has 0 radical (unpaired) electrons. The zero-order valence-corrected chi connectivity index (χ0v) is 7.18. The third kappa shape index (κ3) is 2.62. The summed E-state index contributed by atoms with van der Waals surface area (Å²) < 4.78 is 0. The second-order valence-corrected chi connectivity index (χ2v) is 2.88. The maximum absolute atomic E-state index is 10.5. The number of nitrogens with one attached hydrogen (secondary N) is 1. The quantitative estimate of drug-likeness (QED) is 0.470. The van der Waals surface area contributed by atoms with E-state index >= 15 is 0 Å². The van der Waals surface area contributed by atoms with Crippen molar-refractivity contribution in [3.63, 3.8) is 0 Å². The Morgan fingerprint density at radius 3 is 2.27 bits per heavy atom. The smallest absolute Gasteiger partial charge is 0.299 e. The molecule has 0 saturated carbocycles. The molecule has 0 atom stereocenters. The molecule has 0 bridgehead atoms. The molecule has 0 saturated heterocycles. The van der Waals surface area contributed by atoms with Gasteiger partial charge < -0.3 is 5.32 Å². The molecule has 3 nitrogen and oxygen atoms in total. The van der Waals surface area contributed by atoms with Gasteiger partial charge in [0.25, 0.3) is 6.29 Å². The van der Waals surface area contributed by atoms with Gasteiger partial charge in [-0.15, -0.1) is 0 Å². The summed E-state index contributed by atoms with van der Waals surface area (Å²) in [6, 6.07) is 0. The highest BCUT2D eigenvalue weighted by Gasteiger charge is 2.38. The number of hydrogen-bond acceptors (Lipinski definition) is 2. The average Bonchev–Trinajstić information content (AvgIpc) is 1.89. The van der Waals surface area contributed by atoms with Crippen LogP contribution in [0.25, 0.3) is 0 Å². The molecule has 0 aromatic rings. The molecule has 1 amide bonds. The van der Waals surface area contributed by atoms with E-state index in [1.807, 2.05) is 6.92 Å². The summed E-state index contributed by atoms with van der Waals surface area (Å²) in [6.07, 6.45) is 2.08. The van der Waals surface area contributed by atoms with Gasteiger partial charge in [0, 0.05) is 13.8 Å².